The molecule has 0 fully saturated rings. The van der Waals surface area contributed by atoms with Crippen LogP contribution >= 0.6 is 0 Å². The molecule has 1 aromatic rings. The molecule has 0 radical (unpaired) electrons. The predicted molar refractivity (Wildman–Crippen MR) is 55.9 cm³/mol. The van der Waals surface area contributed by atoms with Crippen molar-refractivity contribution in [2.45, 2.75) is 25.7 Å². The van der Waals surface area contributed by atoms with Crippen LogP contribution in [0.2, 0.25) is 0 Å². The van der Waals surface area contributed by atoms with Crippen molar-refractivity contribution in [1.82, 2.24) is 0 Å². The molecule has 0 aliphatic heterocycles. The lowest BCUT2D eigenvalue weighted by Gasteiger charge is -2.13. The molecule has 0 saturated heterocycles. The number of nitrogens with two attached hydrogens (primary N) is 1. The minimum atomic E-state index is -4.76. The number of benzene rings is 1. The molecule has 0 amide bonds. The van der Waals surface area contributed by atoms with E-state index in [2.05, 4.69) is 5.73 Å². The molecule has 1 aromatic carbocycles. The fourth-order valence-electron chi connectivity index (χ4n) is 1.22. The molecule has 7 heteroatoms. The standard InChI is InChI=1S/C10H8F6.CH5N/c1-2-6-3-7(9(11,12)13)5-8(4-6)10(14,15)16;1-2/h3-5H,2H2,1H3;2H2,1H3. The topological polar surface area (TPSA) is 26.0 Å². The molecule has 0 heterocycles. The normalized spacial score (nSPS) is 11.8. The van der Waals surface area contributed by atoms with Crippen LogP contribution in [-0.4, -0.2) is 7.05 Å². The fraction of sp³-hybridized carbons (Fsp3) is 0.455. The molecule has 0 aromatic heterocycles. The van der Waals surface area contributed by atoms with Gasteiger partial charge in [0.2, 0.25) is 0 Å². The maximum Gasteiger partial charge on any atom is 0.416 e. The Morgan fingerprint density at radius 1 is 0.833 bits per heavy atom. The number of hydrogen-bond acceptors (Lipinski definition) is 1. The zero-order valence-corrected chi connectivity index (χ0v) is 9.78. The second-order valence-corrected chi connectivity index (χ2v) is 3.27. The highest BCUT2D eigenvalue weighted by Crippen LogP contribution is 2.36. The largest absolute Gasteiger partial charge is 0.416 e. The molecule has 104 valence electrons. The van der Waals surface area contributed by atoms with Gasteiger partial charge < -0.3 is 5.73 Å². The first-order valence-electron chi connectivity index (χ1n) is 5.00. The highest BCUT2D eigenvalue weighted by molar-refractivity contribution is 5.33. The lowest BCUT2D eigenvalue weighted by atomic mass is 10.0. The van der Waals surface area contributed by atoms with E-state index in [-0.39, 0.29) is 18.1 Å². The molecule has 0 bridgehead atoms. The second kappa shape index (κ2) is 6.08. The molecule has 2 N–H and O–H groups in total. The predicted octanol–water partition coefficient (Wildman–Crippen LogP) is 3.86. The van der Waals surface area contributed by atoms with Crippen molar-refractivity contribution in [2.75, 3.05) is 7.05 Å². The SMILES string of the molecule is CCc1cc(C(F)(F)F)cc(C(F)(F)F)c1.CN. The van der Waals surface area contributed by atoms with E-state index in [0.717, 1.165) is 12.1 Å². The van der Waals surface area contributed by atoms with Crippen LogP contribution in [0.3, 0.4) is 0 Å². The van der Waals surface area contributed by atoms with Crippen LogP contribution in [0.4, 0.5) is 26.3 Å². The smallest absolute Gasteiger partial charge is 0.333 e. The van der Waals surface area contributed by atoms with E-state index in [1.165, 1.54) is 14.0 Å². The number of aryl methyl sites for hydroxylation is 1. The number of halogens is 6. The van der Waals surface area contributed by atoms with Crippen molar-refractivity contribution in [1.29, 1.82) is 0 Å². The van der Waals surface area contributed by atoms with Crippen LogP contribution in [0.5, 0.6) is 0 Å². The van der Waals surface area contributed by atoms with Gasteiger partial charge in [-0.3, -0.25) is 0 Å². The first kappa shape index (κ1) is 16.8. The second-order valence-electron chi connectivity index (χ2n) is 3.27. The number of rotatable bonds is 1. The Kier molecular flexibility index (Phi) is 5.66. The summed E-state index contributed by atoms with van der Waals surface area (Å²) in [5, 5.41) is 0. The molecule has 0 spiro atoms. The maximum atomic E-state index is 12.3. The van der Waals surface area contributed by atoms with Crippen LogP contribution < -0.4 is 5.73 Å². The molecule has 0 aliphatic rings. The molecule has 1 rings (SSSR count). The lowest BCUT2D eigenvalue weighted by molar-refractivity contribution is -0.143. The Labute approximate surface area is 101 Å². The third-order valence-electron chi connectivity index (χ3n) is 2.06. The van der Waals surface area contributed by atoms with E-state index in [1.807, 2.05) is 0 Å². The first-order valence-corrected chi connectivity index (χ1v) is 5.00. The molecule has 0 atom stereocenters. The quantitative estimate of drug-likeness (QED) is 0.772. The molecule has 0 unspecified atom stereocenters. The van der Waals surface area contributed by atoms with Gasteiger partial charge >= 0.3 is 12.4 Å². The minimum absolute atomic E-state index is 0.0159. The van der Waals surface area contributed by atoms with Gasteiger partial charge in [-0.05, 0) is 37.2 Å². The Balaban J connectivity index is 0.00000137. The van der Waals surface area contributed by atoms with Crippen LogP contribution in [0.15, 0.2) is 18.2 Å². The van der Waals surface area contributed by atoms with Crippen molar-refractivity contribution in [3.05, 3.63) is 34.9 Å². The number of hydrogen-bond donors (Lipinski definition) is 1. The van der Waals surface area contributed by atoms with Gasteiger partial charge in [0.25, 0.3) is 0 Å². The summed E-state index contributed by atoms with van der Waals surface area (Å²) >= 11 is 0. The van der Waals surface area contributed by atoms with Crippen LogP contribution in [-0.2, 0) is 18.8 Å². The van der Waals surface area contributed by atoms with E-state index in [4.69, 9.17) is 0 Å². The van der Waals surface area contributed by atoms with Gasteiger partial charge in [0.05, 0.1) is 11.1 Å². The summed E-state index contributed by atoms with van der Waals surface area (Å²) in [7, 11) is 1.50. The van der Waals surface area contributed by atoms with Crippen molar-refractivity contribution < 1.29 is 26.3 Å². The van der Waals surface area contributed by atoms with Crippen molar-refractivity contribution in [2.24, 2.45) is 5.73 Å². The summed E-state index contributed by atoms with van der Waals surface area (Å²) in [6.45, 7) is 1.50. The molecule has 0 saturated carbocycles. The van der Waals surface area contributed by atoms with E-state index in [0.29, 0.717) is 0 Å². The summed E-state index contributed by atoms with van der Waals surface area (Å²) in [5.74, 6) is 0. The lowest BCUT2D eigenvalue weighted by Crippen LogP contribution is -2.11. The average Bonchev–Trinajstić information content (AvgIpc) is 2.29. The molecular weight excluding hydrogens is 260 g/mol. The monoisotopic (exact) mass is 273 g/mol. The first-order chi connectivity index (χ1) is 8.14. The third-order valence-corrected chi connectivity index (χ3v) is 2.06. The molecular formula is C11H13F6N. The molecule has 18 heavy (non-hydrogen) atoms. The van der Waals surface area contributed by atoms with Crippen LogP contribution in [0, 0.1) is 0 Å². The van der Waals surface area contributed by atoms with Crippen molar-refractivity contribution in [3.63, 3.8) is 0 Å². The molecule has 0 aliphatic carbocycles. The van der Waals surface area contributed by atoms with Crippen molar-refractivity contribution >= 4 is 0 Å². The summed E-state index contributed by atoms with van der Waals surface area (Å²) in [5.41, 5.74) is 1.99. The Morgan fingerprint density at radius 3 is 1.39 bits per heavy atom. The maximum absolute atomic E-state index is 12.3. The third kappa shape index (κ3) is 4.56. The van der Waals surface area contributed by atoms with Gasteiger partial charge in [0.15, 0.2) is 0 Å². The highest BCUT2D eigenvalue weighted by Gasteiger charge is 2.36. The van der Waals surface area contributed by atoms with Gasteiger partial charge in [-0.25, -0.2) is 0 Å². The average molecular weight is 273 g/mol. The summed E-state index contributed by atoms with van der Waals surface area (Å²) in [6, 6.07) is 1.59. The van der Waals surface area contributed by atoms with E-state index in [9.17, 15) is 26.3 Å². The van der Waals surface area contributed by atoms with Crippen LogP contribution in [0.25, 0.3) is 0 Å². The van der Waals surface area contributed by atoms with Crippen molar-refractivity contribution in [3.8, 4) is 0 Å². The summed E-state index contributed by atoms with van der Waals surface area (Å²) in [6.07, 6.45) is -9.40. The van der Waals surface area contributed by atoms with E-state index in [1.54, 1.807) is 0 Å². The van der Waals surface area contributed by atoms with E-state index < -0.39 is 23.5 Å². The summed E-state index contributed by atoms with van der Waals surface area (Å²) < 4.78 is 73.8. The molecule has 1 nitrogen and oxygen atoms in total. The van der Waals surface area contributed by atoms with Gasteiger partial charge in [-0.2, -0.15) is 26.3 Å². The minimum Gasteiger partial charge on any atom is -0.333 e. The Hall–Kier alpha value is -1.24. The van der Waals surface area contributed by atoms with Gasteiger partial charge in [0.1, 0.15) is 0 Å². The van der Waals surface area contributed by atoms with Gasteiger partial charge in [-0.1, -0.05) is 6.92 Å². The van der Waals surface area contributed by atoms with Gasteiger partial charge in [-0.15, -0.1) is 0 Å². The Morgan fingerprint density at radius 2 is 1.17 bits per heavy atom. The Bertz CT molecular complexity index is 348. The van der Waals surface area contributed by atoms with Gasteiger partial charge in [0, 0.05) is 0 Å². The number of alkyl halides is 6. The fourth-order valence-corrected chi connectivity index (χ4v) is 1.22. The zero-order chi connectivity index (χ0) is 14.6. The van der Waals surface area contributed by atoms with E-state index >= 15 is 0 Å². The summed E-state index contributed by atoms with van der Waals surface area (Å²) in [4.78, 5) is 0. The highest BCUT2D eigenvalue weighted by atomic mass is 19.4. The zero-order valence-electron chi connectivity index (χ0n) is 9.78. The van der Waals surface area contributed by atoms with Crippen LogP contribution in [0.1, 0.15) is 23.6 Å².